The molecule has 0 spiro atoms. The lowest BCUT2D eigenvalue weighted by Crippen LogP contribution is -2.26. The number of carboxylic acid groups (broad SMARTS) is 1. The fourth-order valence-electron chi connectivity index (χ4n) is 3.56. The molecule has 0 amide bonds. The first kappa shape index (κ1) is 24.3. The maximum Gasteiger partial charge on any atom is 0.337 e. The Kier molecular flexibility index (Phi) is 7.71. The van der Waals surface area contributed by atoms with Crippen LogP contribution in [0.1, 0.15) is 41.3 Å². The number of halogens is 1. The summed E-state index contributed by atoms with van der Waals surface area (Å²) < 4.78 is 41.7. The number of aromatic carboxylic acids is 1. The summed E-state index contributed by atoms with van der Waals surface area (Å²) in [5.74, 6) is -1.84. The molecule has 0 radical (unpaired) electrons. The number of rotatable bonds is 10. The molecule has 0 atom stereocenters. The molecule has 0 aliphatic rings. The first-order valence-electron chi connectivity index (χ1n) is 10.7. The van der Waals surface area contributed by atoms with Crippen LogP contribution in [-0.2, 0) is 16.6 Å². The highest BCUT2D eigenvalue weighted by Gasteiger charge is 2.21. The number of nitrogens with one attached hydrogen (secondary N) is 1. The molecule has 6 nitrogen and oxygen atoms in total. The van der Waals surface area contributed by atoms with Crippen LogP contribution in [0.25, 0.3) is 0 Å². The van der Waals surface area contributed by atoms with Gasteiger partial charge < -0.3 is 10.0 Å². The third-order valence-corrected chi connectivity index (χ3v) is 6.78. The smallest absolute Gasteiger partial charge is 0.337 e. The molecule has 0 heterocycles. The van der Waals surface area contributed by atoms with Crippen LogP contribution in [0.2, 0.25) is 0 Å². The average Bonchev–Trinajstić information content (AvgIpc) is 2.78. The summed E-state index contributed by atoms with van der Waals surface area (Å²) in [6, 6.07) is 17.7. The largest absolute Gasteiger partial charge is 0.478 e. The molecule has 3 rings (SSSR count). The van der Waals surface area contributed by atoms with E-state index in [1.165, 1.54) is 24.3 Å². The molecule has 0 fully saturated rings. The van der Waals surface area contributed by atoms with Crippen molar-refractivity contribution >= 4 is 27.4 Å². The maximum absolute atomic E-state index is 13.6. The zero-order valence-corrected chi connectivity index (χ0v) is 19.4. The SMILES string of the molecule is CCCCN(Cc1ccccc1)c1ccc(NS(=O)(=O)c2cc(F)ccc2C)cc1C(=O)O. The third kappa shape index (κ3) is 6.10. The zero-order valence-electron chi connectivity index (χ0n) is 18.6. The predicted octanol–water partition coefficient (Wildman–Crippen LogP) is 5.44. The number of hydrogen-bond donors (Lipinski definition) is 2. The van der Waals surface area contributed by atoms with Gasteiger partial charge in [-0.2, -0.15) is 0 Å². The highest BCUT2D eigenvalue weighted by molar-refractivity contribution is 7.92. The molecule has 0 aromatic heterocycles. The van der Waals surface area contributed by atoms with Gasteiger partial charge in [-0.15, -0.1) is 0 Å². The summed E-state index contributed by atoms with van der Waals surface area (Å²) in [5, 5.41) is 9.87. The Hall–Kier alpha value is -3.39. The Morgan fingerprint density at radius 1 is 1.06 bits per heavy atom. The molecular formula is C25H27FN2O4S. The van der Waals surface area contributed by atoms with E-state index in [4.69, 9.17) is 0 Å². The van der Waals surface area contributed by atoms with Crippen LogP contribution in [-0.4, -0.2) is 26.0 Å². The highest BCUT2D eigenvalue weighted by Crippen LogP contribution is 2.28. The number of carboxylic acids is 1. The number of aryl methyl sites for hydroxylation is 1. The van der Waals surface area contributed by atoms with E-state index in [1.807, 2.05) is 35.2 Å². The van der Waals surface area contributed by atoms with Crippen LogP contribution >= 0.6 is 0 Å². The van der Waals surface area contributed by atoms with E-state index < -0.39 is 21.8 Å². The summed E-state index contributed by atoms with van der Waals surface area (Å²) in [4.78, 5) is 13.9. The number of anilines is 2. The number of benzene rings is 3. The highest BCUT2D eigenvalue weighted by atomic mass is 32.2. The molecular weight excluding hydrogens is 443 g/mol. The van der Waals surface area contributed by atoms with Crippen LogP contribution in [0.5, 0.6) is 0 Å². The fourth-order valence-corrected chi connectivity index (χ4v) is 4.86. The quantitative estimate of drug-likeness (QED) is 0.412. The molecule has 0 unspecified atom stereocenters. The van der Waals surface area contributed by atoms with Crippen LogP contribution in [0.3, 0.4) is 0 Å². The van der Waals surface area contributed by atoms with Crippen molar-refractivity contribution in [2.75, 3.05) is 16.2 Å². The molecule has 3 aromatic rings. The van der Waals surface area contributed by atoms with Gasteiger partial charge in [-0.3, -0.25) is 4.72 Å². The van der Waals surface area contributed by atoms with E-state index >= 15 is 0 Å². The van der Waals surface area contributed by atoms with Gasteiger partial charge in [-0.25, -0.2) is 17.6 Å². The van der Waals surface area contributed by atoms with Crippen LogP contribution in [0, 0.1) is 12.7 Å². The topological polar surface area (TPSA) is 86.7 Å². The number of carbonyl (C=O) groups is 1. The lowest BCUT2D eigenvalue weighted by molar-refractivity contribution is 0.0697. The second-order valence-electron chi connectivity index (χ2n) is 7.81. The van der Waals surface area contributed by atoms with Gasteiger partial charge in [0.1, 0.15) is 5.82 Å². The molecule has 0 saturated carbocycles. The fraction of sp³-hybridized carbons (Fsp3) is 0.240. The van der Waals surface area contributed by atoms with Gasteiger partial charge in [0, 0.05) is 18.8 Å². The summed E-state index contributed by atoms with van der Waals surface area (Å²) in [6.07, 6.45) is 1.82. The van der Waals surface area contributed by atoms with E-state index in [0.717, 1.165) is 24.5 Å². The van der Waals surface area contributed by atoms with Crippen molar-refractivity contribution in [1.82, 2.24) is 0 Å². The number of unbranched alkanes of at least 4 members (excludes halogenated alkanes) is 1. The van der Waals surface area contributed by atoms with Gasteiger partial charge in [0.25, 0.3) is 10.0 Å². The van der Waals surface area contributed by atoms with Crippen molar-refractivity contribution < 1.29 is 22.7 Å². The monoisotopic (exact) mass is 470 g/mol. The lowest BCUT2D eigenvalue weighted by Gasteiger charge is -2.27. The normalized spacial score (nSPS) is 11.2. The van der Waals surface area contributed by atoms with Gasteiger partial charge >= 0.3 is 5.97 Å². The van der Waals surface area contributed by atoms with Gasteiger partial charge in [0.05, 0.1) is 16.1 Å². The Morgan fingerprint density at radius 3 is 2.45 bits per heavy atom. The molecule has 0 saturated heterocycles. The summed E-state index contributed by atoms with van der Waals surface area (Å²) >= 11 is 0. The van der Waals surface area contributed by atoms with Gasteiger partial charge in [0.15, 0.2) is 0 Å². The van der Waals surface area contributed by atoms with E-state index in [1.54, 1.807) is 13.0 Å². The van der Waals surface area contributed by atoms with Crippen LogP contribution in [0.15, 0.2) is 71.6 Å². The van der Waals surface area contributed by atoms with E-state index in [9.17, 15) is 22.7 Å². The van der Waals surface area contributed by atoms with Gasteiger partial charge in [-0.05, 0) is 54.8 Å². The minimum Gasteiger partial charge on any atom is -0.478 e. The Balaban J connectivity index is 1.96. The standard InChI is InChI=1S/C25H27FN2O4S/c1-3-4-14-28(17-19-8-6-5-7-9-19)23-13-12-21(16-22(23)25(29)30)27-33(31,32)24-15-20(26)11-10-18(24)2/h5-13,15-16,27H,3-4,14,17H2,1-2H3,(H,29,30). The van der Waals surface area contributed by atoms with E-state index in [2.05, 4.69) is 11.6 Å². The minimum absolute atomic E-state index is 0.0156. The predicted molar refractivity (Wildman–Crippen MR) is 128 cm³/mol. The average molecular weight is 471 g/mol. The summed E-state index contributed by atoms with van der Waals surface area (Å²) in [7, 11) is -4.10. The molecule has 0 aliphatic carbocycles. The minimum atomic E-state index is -4.10. The molecule has 2 N–H and O–H groups in total. The molecule has 3 aromatic carbocycles. The van der Waals surface area contributed by atoms with E-state index in [-0.39, 0.29) is 16.1 Å². The lowest BCUT2D eigenvalue weighted by atomic mass is 10.1. The maximum atomic E-state index is 13.6. The molecule has 33 heavy (non-hydrogen) atoms. The molecule has 174 valence electrons. The van der Waals surface area contributed by atoms with Crippen LogP contribution < -0.4 is 9.62 Å². The second kappa shape index (κ2) is 10.5. The van der Waals surface area contributed by atoms with Crippen molar-refractivity contribution in [3.8, 4) is 0 Å². The van der Waals surface area contributed by atoms with Crippen molar-refractivity contribution in [2.45, 2.75) is 38.1 Å². The first-order valence-corrected chi connectivity index (χ1v) is 12.1. The van der Waals surface area contributed by atoms with Crippen molar-refractivity contribution in [2.24, 2.45) is 0 Å². The van der Waals surface area contributed by atoms with Crippen molar-refractivity contribution in [3.05, 3.63) is 89.2 Å². The summed E-state index contributed by atoms with van der Waals surface area (Å²) in [5.41, 5.74) is 2.00. The van der Waals surface area contributed by atoms with Gasteiger partial charge in [-0.1, -0.05) is 49.7 Å². The zero-order chi connectivity index (χ0) is 24.0. The molecule has 8 heteroatoms. The van der Waals surface area contributed by atoms with E-state index in [0.29, 0.717) is 24.3 Å². The third-order valence-electron chi connectivity index (χ3n) is 5.26. The van der Waals surface area contributed by atoms with Crippen LogP contribution in [0.4, 0.5) is 15.8 Å². The van der Waals surface area contributed by atoms with Crippen molar-refractivity contribution in [1.29, 1.82) is 0 Å². The van der Waals surface area contributed by atoms with Crippen molar-refractivity contribution in [3.63, 3.8) is 0 Å². The first-order chi connectivity index (χ1) is 15.7. The van der Waals surface area contributed by atoms with Gasteiger partial charge in [0.2, 0.25) is 0 Å². The Labute approximate surface area is 193 Å². The second-order valence-corrected chi connectivity index (χ2v) is 9.46. The molecule has 0 bridgehead atoms. The summed E-state index contributed by atoms with van der Waals surface area (Å²) in [6.45, 7) is 4.80. The number of nitrogens with zero attached hydrogens (tertiary/aromatic N) is 1. The Morgan fingerprint density at radius 2 is 1.79 bits per heavy atom. The number of sulfonamides is 1. The number of hydrogen-bond acceptors (Lipinski definition) is 4. The Bertz CT molecular complexity index is 1230. The molecule has 0 aliphatic heterocycles.